The summed E-state index contributed by atoms with van der Waals surface area (Å²) in [5.74, 6) is -0.187. The Balaban J connectivity index is 4.17. The van der Waals surface area contributed by atoms with Gasteiger partial charge in [0.25, 0.3) is 0 Å². The minimum atomic E-state index is -4.36. The van der Waals surface area contributed by atoms with Crippen molar-refractivity contribution in [1.29, 1.82) is 0 Å². The number of unbranched alkanes of at least 4 members (excludes halogenated alkanes) is 32. The topological polar surface area (TPSA) is 105 Å². The summed E-state index contributed by atoms with van der Waals surface area (Å²) in [6.45, 7) is 4.72. The second-order valence-corrected chi connectivity index (χ2v) is 25.3. The van der Waals surface area contributed by atoms with E-state index in [1.165, 1.54) is 173 Å². The predicted molar refractivity (Wildman–Crippen MR) is 355 cm³/mol. The van der Waals surface area contributed by atoms with Gasteiger partial charge in [0.1, 0.15) is 13.2 Å². The van der Waals surface area contributed by atoms with Crippen molar-refractivity contribution in [2.24, 2.45) is 0 Å². The molecule has 0 aliphatic carbocycles. The minimum absolute atomic E-state index is 0.0550. The lowest BCUT2D eigenvalue weighted by Gasteiger charge is -2.25. The summed E-state index contributed by atoms with van der Waals surface area (Å²) in [6.07, 6.45) is 90.7. The number of likely N-dealkylation sites (N-methyl/N-ethyl adjacent to an activating group) is 1. The van der Waals surface area contributed by atoms with Gasteiger partial charge in [-0.3, -0.25) is 13.8 Å². The normalized spacial score (nSPS) is 14.4. The van der Waals surface area contributed by atoms with E-state index in [9.17, 15) is 19.4 Å². The molecule has 1 amide bonds. The molecule has 0 saturated carbocycles. The number of aliphatic hydroxyl groups is 1. The zero-order valence-corrected chi connectivity index (χ0v) is 54.4. The van der Waals surface area contributed by atoms with Gasteiger partial charge in [-0.2, -0.15) is 0 Å². The van der Waals surface area contributed by atoms with E-state index in [2.05, 4.69) is 116 Å². The van der Waals surface area contributed by atoms with Gasteiger partial charge in [-0.25, -0.2) is 4.57 Å². The number of allylic oxidation sites excluding steroid dienone is 17. The van der Waals surface area contributed by atoms with Gasteiger partial charge in [-0.1, -0.05) is 309 Å². The first-order chi connectivity index (χ1) is 39.5. The Morgan fingerprint density at radius 1 is 0.432 bits per heavy atom. The van der Waals surface area contributed by atoms with E-state index in [1.54, 1.807) is 6.08 Å². The van der Waals surface area contributed by atoms with Crippen LogP contribution >= 0.6 is 7.82 Å². The van der Waals surface area contributed by atoms with Gasteiger partial charge in [-0.05, 0) is 83.5 Å². The fourth-order valence-electron chi connectivity index (χ4n) is 9.53. The molecule has 0 aromatic heterocycles. The second kappa shape index (κ2) is 61.7. The van der Waals surface area contributed by atoms with E-state index in [0.717, 1.165) is 96.3 Å². The van der Waals surface area contributed by atoms with Crippen LogP contribution in [0.5, 0.6) is 0 Å². The Morgan fingerprint density at radius 2 is 0.741 bits per heavy atom. The van der Waals surface area contributed by atoms with Crippen LogP contribution in [-0.4, -0.2) is 73.4 Å². The van der Waals surface area contributed by atoms with Crippen LogP contribution in [0.15, 0.2) is 109 Å². The average Bonchev–Trinajstić information content (AvgIpc) is 3.43. The molecule has 0 aliphatic heterocycles. The number of nitrogens with zero attached hydrogens (tertiary/aromatic N) is 1. The molecule has 8 nitrogen and oxygen atoms in total. The van der Waals surface area contributed by atoms with Crippen molar-refractivity contribution in [2.75, 3.05) is 40.9 Å². The monoisotopic (exact) mass is 1150 g/mol. The van der Waals surface area contributed by atoms with E-state index in [1.807, 2.05) is 27.2 Å². The SMILES string of the molecule is CC/C=C\C/C=C\C/C=C\C/C=C\C/C=C\C/C=C\C/C=C\C/C=C\CCCCCCCCCCC(=O)NC(COP(=O)(O)OCC[N+](C)(C)C)C(O)/C=C/CCCCCCCCCCCCCCCCCCCCCCCCCC. The minimum Gasteiger partial charge on any atom is -0.387 e. The van der Waals surface area contributed by atoms with Crippen LogP contribution in [0.2, 0.25) is 0 Å². The van der Waals surface area contributed by atoms with E-state index < -0.39 is 20.0 Å². The van der Waals surface area contributed by atoms with Crippen molar-refractivity contribution >= 4 is 13.7 Å². The van der Waals surface area contributed by atoms with Crippen LogP contribution in [0.3, 0.4) is 0 Å². The first kappa shape index (κ1) is 78.2. The summed E-state index contributed by atoms with van der Waals surface area (Å²) in [5.41, 5.74) is 0. The van der Waals surface area contributed by atoms with Crippen LogP contribution < -0.4 is 5.32 Å². The number of aliphatic hydroxyl groups excluding tert-OH is 1. The lowest BCUT2D eigenvalue weighted by Crippen LogP contribution is -2.45. The maximum atomic E-state index is 13.0. The highest BCUT2D eigenvalue weighted by atomic mass is 31.2. The van der Waals surface area contributed by atoms with E-state index >= 15 is 0 Å². The molecule has 0 heterocycles. The first-order valence-electron chi connectivity index (χ1n) is 33.8. The fraction of sp³-hybridized carbons (Fsp3) is 0.736. The second-order valence-electron chi connectivity index (χ2n) is 23.8. The quantitative estimate of drug-likeness (QED) is 0.0243. The number of phosphoric acid groups is 1. The van der Waals surface area contributed by atoms with Crippen molar-refractivity contribution in [3.8, 4) is 0 Å². The number of carbonyl (C=O) groups is 1. The molecule has 0 saturated heterocycles. The van der Waals surface area contributed by atoms with Gasteiger partial charge in [-0.15, -0.1) is 0 Å². The summed E-state index contributed by atoms with van der Waals surface area (Å²) in [7, 11) is 1.56. The molecule has 0 aliphatic rings. The number of quaternary nitrogens is 1. The van der Waals surface area contributed by atoms with Crippen molar-refractivity contribution in [3.63, 3.8) is 0 Å². The van der Waals surface area contributed by atoms with Gasteiger partial charge < -0.3 is 19.8 Å². The Kier molecular flexibility index (Phi) is 59.5. The molecular formula is C72H130N2O6P+. The molecule has 0 radical (unpaired) electrons. The van der Waals surface area contributed by atoms with Gasteiger partial charge in [0, 0.05) is 6.42 Å². The maximum Gasteiger partial charge on any atom is 0.472 e. The van der Waals surface area contributed by atoms with Gasteiger partial charge in [0.05, 0.1) is 39.9 Å². The van der Waals surface area contributed by atoms with Crippen LogP contribution in [0.4, 0.5) is 0 Å². The third kappa shape index (κ3) is 64.6. The van der Waals surface area contributed by atoms with E-state index in [4.69, 9.17) is 9.05 Å². The molecule has 0 aromatic carbocycles. The van der Waals surface area contributed by atoms with Gasteiger partial charge in [0.2, 0.25) is 5.91 Å². The molecule has 0 rings (SSSR count). The lowest BCUT2D eigenvalue weighted by molar-refractivity contribution is -0.870. The van der Waals surface area contributed by atoms with Crippen LogP contribution in [0, 0.1) is 0 Å². The average molecular weight is 1150 g/mol. The van der Waals surface area contributed by atoms with Crippen LogP contribution in [0.25, 0.3) is 0 Å². The fourth-order valence-corrected chi connectivity index (χ4v) is 10.3. The lowest BCUT2D eigenvalue weighted by atomic mass is 10.0. The number of rotatable bonds is 61. The van der Waals surface area contributed by atoms with Gasteiger partial charge >= 0.3 is 7.82 Å². The number of hydrogen-bond acceptors (Lipinski definition) is 5. The molecule has 81 heavy (non-hydrogen) atoms. The molecule has 468 valence electrons. The standard InChI is InChI=1S/C72H129N2O6P/c1-6-8-10-12-14-16-18-20-22-24-26-28-30-32-34-35-36-37-38-39-40-42-44-46-48-50-52-54-56-58-60-62-64-66-72(76)73-70(69-80-81(77,78)79-68-67-74(3,4)5)71(75)65-63-61-59-57-55-53-51-49-47-45-43-41-33-31-29-27-25-23-21-19-17-15-13-11-9-7-2/h8,10,14,16,20,22,26,28,32,34,36-37,39-40,44,46,63,65,70-71,75H,6-7,9,11-13,15,17-19,21,23-25,27,29-31,33,35,38,41-43,45,47-62,64,66-69H2,1-5H3,(H-,73,76,77,78)/p+1/b10-8-,16-14-,22-20-,28-26-,34-32-,37-36-,40-39-,46-44-,65-63+. The maximum absolute atomic E-state index is 13.0. The highest BCUT2D eigenvalue weighted by Gasteiger charge is 2.28. The van der Waals surface area contributed by atoms with Crippen LogP contribution in [-0.2, 0) is 18.4 Å². The smallest absolute Gasteiger partial charge is 0.387 e. The Morgan fingerprint density at radius 3 is 1.09 bits per heavy atom. The molecular weight excluding hydrogens is 1020 g/mol. The van der Waals surface area contributed by atoms with Gasteiger partial charge in [0.15, 0.2) is 0 Å². The zero-order valence-electron chi connectivity index (χ0n) is 53.5. The Hall–Kier alpha value is -2.84. The van der Waals surface area contributed by atoms with E-state index in [-0.39, 0.29) is 19.1 Å². The van der Waals surface area contributed by atoms with Crippen molar-refractivity contribution in [1.82, 2.24) is 5.32 Å². The number of phosphoric ester groups is 1. The number of amides is 1. The summed E-state index contributed by atoms with van der Waals surface area (Å²) in [4.78, 5) is 23.4. The molecule has 0 fully saturated rings. The summed E-state index contributed by atoms with van der Waals surface area (Å²) in [6, 6.07) is -0.860. The van der Waals surface area contributed by atoms with Crippen molar-refractivity contribution in [3.05, 3.63) is 109 Å². The Bertz CT molecular complexity index is 1690. The summed E-state index contributed by atoms with van der Waals surface area (Å²) < 4.78 is 23.8. The summed E-state index contributed by atoms with van der Waals surface area (Å²) >= 11 is 0. The number of hydrogen-bond donors (Lipinski definition) is 3. The number of nitrogens with one attached hydrogen (secondary N) is 1. The largest absolute Gasteiger partial charge is 0.472 e. The molecule has 9 heteroatoms. The summed E-state index contributed by atoms with van der Waals surface area (Å²) in [5, 5.41) is 14.0. The molecule has 3 N–H and O–H groups in total. The zero-order chi connectivity index (χ0) is 59.1. The highest BCUT2D eigenvalue weighted by Crippen LogP contribution is 2.43. The molecule has 3 unspecified atom stereocenters. The van der Waals surface area contributed by atoms with Crippen molar-refractivity contribution < 1.29 is 32.9 Å². The highest BCUT2D eigenvalue weighted by molar-refractivity contribution is 7.47. The molecule has 0 aromatic rings. The third-order valence-electron chi connectivity index (χ3n) is 14.7. The van der Waals surface area contributed by atoms with E-state index in [0.29, 0.717) is 17.4 Å². The number of carbonyl (C=O) groups excluding carboxylic acids is 1. The van der Waals surface area contributed by atoms with Crippen molar-refractivity contribution in [2.45, 2.75) is 302 Å². The first-order valence-corrected chi connectivity index (χ1v) is 35.3. The molecule has 3 atom stereocenters. The molecule has 0 bridgehead atoms. The molecule has 0 spiro atoms. The van der Waals surface area contributed by atoms with Crippen LogP contribution in [0.1, 0.15) is 290 Å². The predicted octanol–water partition coefficient (Wildman–Crippen LogP) is 21.5. The third-order valence-corrected chi connectivity index (χ3v) is 15.7. The Labute approximate surface area is 501 Å².